The summed E-state index contributed by atoms with van der Waals surface area (Å²) in [6, 6.07) is 10.8. The molecular weight excluding hydrogens is 289 g/mol. The lowest BCUT2D eigenvalue weighted by Gasteiger charge is -2.17. The Morgan fingerprint density at radius 2 is 2.05 bits per heavy atom. The first-order chi connectivity index (χ1) is 10.0. The number of nitrogens with one attached hydrogen (secondary N) is 1. The Kier molecular flexibility index (Phi) is 5.21. The molecule has 1 N–H and O–H groups in total. The number of halogens is 2. The molecule has 0 aliphatic carbocycles. The predicted molar refractivity (Wildman–Crippen MR) is 84.4 cm³/mol. The maximum absolute atomic E-state index is 13.8. The molecular formula is C17H19ClFNO. The average Bonchev–Trinajstić information content (AvgIpc) is 2.46. The van der Waals surface area contributed by atoms with Crippen LogP contribution < -0.4 is 10.1 Å². The molecule has 0 heterocycles. The Morgan fingerprint density at radius 3 is 2.71 bits per heavy atom. The zero-order valence-electron chi connectivity index (χ0n) is 12.4. The summed E-state index contributed by atoms with van der Waals surface area (Å²) < 4.78 is 19.6. The summed E-state index contributed by atoms with van der Waals surface area (Å²) in [4.78, 5) is 0. The molecule has 0 aromatic heterocycles. The van der Waals surface area contributed by atoms with Gasteiger partial charge in [0.1, 0.15) is 18.2 Å². The van der Waals surface area contributed by atoms with Crippen LogP contribution in [0.15, 0.2) is 36.4 Å². The van der Waals surface area contributed by atoms with Crippen LogP contribution in [0.3, 0.4) is 0 Å². The smallest absolute Gasteiger partial charge is 0.131 e. The van der Waals surface area contributed by atoms with Crippen molar-refractivity contribution in [2.24, 2.45) is 0 Å². The van der Waals surface area contributed by atoms with Crippen LogP contribution in [-0.2, 0) is 6.61 Å². The quantitative estimate of drug-likeness (QED) is 0.868. The lowest BCUT2D eigenvalue weighted by molar-refractivity contribution is 0.294. The summed E-state index contributed by atoms with van der Waals surface area (Å²) in [6.45, 7) is 4.16. The third-order valence-corrected chi connectivity index (χ3v) is 3.86. The molecule has 112 valence electrons. The van der Waals surface area contributed by atoms with Crippen molar-refractivity contribution >= 4 is 11.6 Å². The number of hydrogen-bond acceptors (Lipinski definition) is 2. The largest absolute Gasteiger partial charge is 0.488 e. The first-order valence-electron chi connectivity index (χ1n) is 6.86. The van der Waals surface area contributed by atoms with Crippen molar-refractivity contribution in [2.75, 3.05) is 7.05 Å². The Balaban J connectivity index is 2.25. The van der Waals surface area contributed by atoms with Crippen molar-refractivity contribution in [2.45, 2.75) is 26.5 Å². The number of benzene rings is 2. The van der Waals surface area contributed by atoms with E-state index in [1.807, 2.05) is 39.1 Å². The molecule has 2 rings (SSSR count). The van der Waals surface area contributed by atoms with E-state index >= 15 is 0 Å². The van der Waals surface area contributed by atoms with E-state index in [2.05, 4.69) is 5.32 Å². The summed E-state index contributed by atoms with van der Waals surface area (Å²) in [5, 5.41) is 3.56. The van der Waals surface area contributed by atoms with E-state index in [0.717, 1.165) is 16.9 Å². The van der Waals surface area contributed by atoms with Crippen LogP contribution in [0.25, 0.3) is 0 Å². The second-order valence-corrected chi connectivity index (χ2v) is 5.45. The molecule has 0 amide bonds. The lowest BCUT2D eigenvalue weighted by atomic mass is 10.1. The molecule has 4 heteroatoms. The van der Waals surface area contributed by atoms with Crippen molar-refractivity contribution in [1.82, 2.24) is 5.32 Å². The van der Waals surface area contributed by atoms with Gasteiger partial charge in [-0.15, -0.1) is 0 Å². The molecule has 21 heavy (non-hydrogen) atoms. The number of hydrogen-bond donors (Lipinski definition) is 1. The molecule has 0 aliphatic heterocycles. The highest BCUT2D eigenvalue weighted by Crippen LogP contribution is 2.28. The van der Waals surface area contributed by atoms with Crippen LogP contribution in [0.2, 0.25) is 5.02 Å². The minimum atomic E-state index is -0.349. The Bertz CT molecular complexity index is 610. The first-order valence-corrected chi connectivity index (χ1v) is 7.24. The monoisotopic (exact) mass is 307 g/mol. The van der Waals surface area contributed by atoms with Gasteiger partial charge in [0.15, 0.2) is 0 Å². The van der Waals surface area contributed by atoms with Gasteiger partial charge < -0.3 is 10.1 Å². The van der Waals surface area contributed by atoms with Gasteiger partial charge in [-0.25, -0.2) is 4.39 Å². The predicted octanol–water partition coefficient (Wildman–Crippen LogP) is 4.65. The Labute approximate surface area is 129 Å². The molecule has 1 unspecified atom stereocenters. The third-order valence-electron chi connectivity index (χ3n) is 3.50. The molecule has 0 saturated heterocycles. The van der Waals surface area contributed by atoms with E-state index < -0.39 is 0 Å². The van der Waals surface area contributed by atoms with Crippen LogP contribution in [0.4, 0.5) is 4.39 Å². The molecule has 2 aromatic rings. The summed E-state index contributed by atoms with van der Waals surface area (Å²) >= 11 is 6.02. The molecule has 0 spiro atoms. The molecule has 0 radical (unpaired) electrons. The molecule has 1 atom stereocenters. The molecule has 0 bridgehead atoms. The maximum Gasteiger partial charge on any atom is 0.131 e. The minimum absolute atomic E-state index is 0.110. The second-order valence-electron chi connectivity index (χ2n) is 5.04. The van der Waals surface area contributed by atoms with Crippen molar-refractivity contribution in [3.63, 3.8) is 0 Å². The van der Waals surface area contributed by atoms with Crippen molar-refractivity contribution < 1.29 is 9.13 Å². The van der Waals surface area contributed by atoms with Gasteiger partial charge in [0.05, 0.1) is 5.02 Å². The highest BCUT2D eigenvalue weighted by molar-refractivity contribution is 6.31. The van der Waals surface area contributed by atoms with Crippen LogP contribution in [-0.4, -0.2) is 7.05 Å². The van der Waals surface area contributed by atoms with E-state index in [1.165, 1.54) is 6.07 Å². The van der Waals surface area contributed by atoms with E-state index in [4.69, 9.17) is 16.3 Å². The van der Waals surface area contributed by atoms with Crippen molar-refractivity contribution in [1.29, 1.82) is 0 Å². The summed E-state index contributed by atoms with van der Waals surface area (Å²) in [5.74, 6) is 0.398. The topological polar surface area (TPSA) is 21.3 Å². The number of aryl methyl sites for hydroxylation is 1. The first kappa shape index (κ1) is 15.8. The average molecular weight is 308 g/mol. The van der Waals surface area contributed by atoms with Crippen LogP contribution >= 0.6 is 11.6 Å². The summed E-state index contributed by atoms with van der Waals surface area (Å²) in [7, 11) is 1.89. The molecule has 2 nitrogen and oxygen atoms in total. The van der Waals surface area contributed by atoms with Crippen LogP contribution in [0.1, 0.15) is 29.7 Å². The van der Waals surface area contributed by atoms with Gasteiger partial charge in [-0.1, -0.05) is 29.8 Å². The van der Waals surface area contributed by atoms with Crippen molar-refractivity contribution in [3.05, 3.63) is 63.9 Å². The summed E-state index contributed by atoms with van der Waals surface area (Å²) in [5.41, 5.74) is 2.51. The fourth-order valence-corrected chi connectivity index (χ4v) is 2.32. The maximum atomic E-state index is 13.8. The molecule has 0 saturated carbocycles. The van der Waals surface area contributed by atoms with Gasteiger partial charge in [-0.3, -0.25) is 0 Å². The second kappa shape index (κ2) is 6.92. The van der Waals surface area contributed by atoms with Gasteiger partial charge >= 0.3 is 0 Å². The van der Waals surface area contributed by atoms with E-state index in [0.29, 0.717) is 10.6 Å². The van der Waals surface area contributed by atoms with Gasteiger partial charge in [-0.05, 0) is 44.7 Å². The van der Waals surface area contributed by atoms with Gasteiger partial charge in [0.2, 0.25) is 0 Å². The van der Waals surface area contributed by atoms with Gasteiger partial charge in [0, 0.05) is 17.2 Å². The van der Waals surface area contributed by atoms with E-state index in [-0.39, 0.29) is 18.5 Å². The Hall–Kier alpha value is -1.58. The third kappa shape index (κ3) is 3.74. The molecule has 0 aliphatic rings. The van der Waals surface area contributed by atoms with Crippen LogP contribution in [0, 0.1) is 12.7 Å². The fraction of sp³-hybridized carbons (Fsp3) is 0.294. The fourth-order valence-electron chi connectivity index (χ4n) is 2.10. The van der Waals surface area contributed by atoms with Crippen LogP contribution in [0.5, 0.6) is 5.75 Å². The highest BCUT2D eigenvalue weighted by Gasteiger charge is 2.13. The van der Waals surface area contributed by atoms with Crippen molar-refractivity contribution in [3.8, 4) is 5.75 Å². The number of ether oxygens (including phenoxy) is 1. The zero-order chi connectivity index (χ0) is 15.4. The van der Waals surface area contributed by atoms with Gasteiger partial charge in [0.25, 0.3) is 0 Å². The zero-order valence-corrected chi connectivity index (χ0v) is 13.2. The SMILES string of the molecule is CNC(C)c1ccc(C)cc1OCc1c(F)cccc1Cl. The standard InChI is InChI=1S/C17H19ClFNO/c1-11-7-8-13(12(2)20-3)17(9-11)21-10-14-15(18)5-4-6-16(14)19/h4-9,12,20H,10H2,1-3H3. The Morgan fingerprint density at radius 1 is 1.29 bits per heavy atom. The van der Waals surface area contributed by atoms with Gasteiger partial charge in [-0.2, -0.15) is 0 Å². The normalized spacial score (nSPS) is 12.2. The molecule has 0 fully saturated rings. The minimum Gasteiger partial charge on any atom is -0.488 e. The highest BCUT2D eigenvalue weighted by atomic mass is 35.5. The number of rotatable bonds is 5. The van der Waals surface area contributed by atoms with E-state index in [1.54, 1.807) is 12.1 Å². The van der Waals surface area contributed by atoms with E-state index in [9.17, 15) is 4.39 Å². The lowest BCUT2D eigenvalue weighted by Crippen LogP contribution is -2.14. The summed E-state index contributed by atoms with van der Waals surface area (Å²) in [6.07, 6.45) is 0. The molecule has 2 aromatic carbocycles.